The zero-order valence-corrected chi connectivity index (χ0v) is 21.0. The molecule has 2 aromatic heterocycles. The fraction of sp³-hybridized carbons (Fsp3) is 0.222. The van der Waals surface area contributed by atoms with Gasteiger partial charge in [-0.2, -0.15) is 0 Å². The largest absolute Gasteiger partial charge is 1.00 e. The van der Waals surface area contributed by atoms with E-state index in [0.717, 1.165) is 16.2 Å². The van der Waals surface area contributed by atoms with Gasteiger partial charge in [0, 0.05) is 17.2 Å². The molecule has 1 saturated heterocycles. The van der Waals surface area contributed by atoms with E-state index in [1.54, 1.807) is 12.1 Å². The molecule has 33 heavy (non-hydrogen) atoms. The van der Waals surface area contributed by atoms with E-state index in [0.29, 0.717) is 11.3 Å². The molecule has 4 heterocycles. The van der Waals surface area contributed by atoms with Crippen molar-refractivity contribution in [1.82, 2.24) is 20.4 Å². The van der Waals surface area contributed by atoms with Crippen LogP contribution in [0.1, 0.15) is 11.5 Å². The minimum absolute atomic E-state index is 0. The summed E-state index contributed by atoms with van der Waals surface area (Å²) < 4.78 is 4.95. The molecule has 2 aliphatic rings. The number of allylic oxidation sites excluding steroid dienone is 1. The van der Waals surface area contributed by atoms with Crippen LogP contribution in [0.15, 0.2) is 44.7 Å². The van der Waals surface area contributed by atoms with Gasteiger partial charge in [0.05, 0.1) is 17.9 Å². The van der Waals surface area contributed by atoms with Crippen LogP contribution in [0, 0.1) is 0 Å². The topological polar surface area (TPSA) is 176 Å². The first-order valence-corrected chi connectivity index (χ1v) is 10.9. The molecule has 12 nitrogen and oxygen atoms in total. The maximum absolute atomic E-state index is 12.8. The van der Waals surface area contributed by atoms with Crippen molar-refractivity contribution in [3.8, 4) is 0 Å². The van der Waals surface area contributed by atoms with Gasteiger partial charge in [-0.05, 0) is 11.6 Å². The van der Waals surface area contributed by atoms with Crippen molar-refractivity contribution >= 4 is 57.8 Å². The van der Waals surface area contributed by atoms with Gasteiger partial charge in [-0.3, -0.25) is 14.5 Å². The number of nitrogens with zero attached hydrogens (tertiary/aromatic N) is 4. The van der Waals surface area contributed by atoms with E-state index in [1.165, 1.54) is 36.5 Å². The molecule has 2 atom stereocenters. The minimum atomic E-state index is -1.50. The standard InChI is InChI=1S/C18H16N6O6S2.Na/c1-29-23-11(10-7-32-18(19)21-10)14(25)22-12-15(26)24-13(17(27)28)8(6-31-16(12)24)2-3-9-4-5-20-30-9;/h2-5,7,12,16H,6H2,1H3,(H2,19,21)(H,22,25)(H,27,28);/q;+1/p-1/b3-2-,23-11-;/t12-,16-;/m1./s1. The van der Waals surface area contributed by atoms with Gasteiger partial charge in [0.15, 0.2) is 16.6 Å². The molecule has 0 unspecified atom stereocenters. The summed E-state index contributed by atoms with van der Waals surface area (Å²) in [6, 6.07) is 0.643. The number of carbonyl (C=O) groups excluding carboxylic acids is 3. The van der Waals surface area contributed by atoms with Crippen LogP contribution in [0.3, 0.4) is 0 Å². The number of anilines is 1. The summed E-state index contributed by atoms with van der Waals surface area (Å²) in [6.45, 7) is 0. The quantitative estimate of drug-likeness (QED) is 0.167. The molecule has 2 aromatic rings. The van der Waals surface area contributed by atoms with Gasteiger partial charge in [-0.15, -0.1) is 23.1 Å². The third-order valence-corrected chi connectivity index (χ3v) is 6.52. The molecular weight excluding hydrogens is 483 g/mol. The molecule has 4 rings (SSSR count). The second kappa shape index (κ2) is 10.5. The van der Waals surface area contributed by atoms with Gasteiger partial charge in [-0.1, -0.05) is 16.4 Å². The molecule has 0 saturated carbocycles. The van der Waals surface area contributed by atoms with Crippen molar-refractivity contribution < 1.29 is 58.4 Å². The molecule has 2 aliphatic heterocycles. The number of β-lactam (4-membered cyclic amide) rings is 1. The number of rotatable bonds is 7. The van der Waals surface area contributed by atoms with Crippen LogP contribution in [0.5, 0.6) is 0 Å². The number of carbonyl (C=O) groups is 3. The van der Waals surface area contributed by atoms with Gasteiger partial charge in [-0.25, -0.2) is 4.98 Å². The first-order valence-electron chi connectivity index (χ1n) is 9.02. The van der Waals surface area contributed by atoms with Crippen LogP contribution in [0.2, 0.25) is 0 Å². The molecule has 166 valence electrons. The van der Waals surface area contributed by atoms with Crippen molar-refractivity contribution in [3.63, 3.8) is 0 Å². The van der Waals surface area contributed by atoms with Gasteiger partial charge < -0.3 is 30.3 Å². The average molecular weight is 498 g/mol. The molecular formula is C18H15N6NaO6S2. The van der Waals surface area contributed by atoms with Crippen LogP contribution in [-0.4, -0.2) is 62.8 Å². The number of hydrogen-bond acceptors (Lipinski definition) is 12. The second-order valence-electron chi connectivity index (χ2n) is 6.46. The second-order valence-corrected chi connectivity index (χ2v) is 8.46. The summed E-state index contributed by atoms with van der Waals surface area (Å²) in [6.07, 6.45) is 4.53. The minimum Gasteiger partial charge on any atom is -0.543 e. The van der Waals surface area contributed by atoms with Crippen LogP contribution >= 0.6 is 23.1 Å². The van der Waals surface area contributed by atoms with Crippen LogP contribution in [0.25, 0.3) is 6.08 Å². The van der Waals surface area contributed by atoms with E-state index in [2.05, 4.69) is 20.6 Å². The predicted molar refractivity (Wildman–Crippen MR) is 113 cm³/mol. The fourth-order valence-corrected chi connectivity index (χ4v) is 5.02. The third-order valence-electron chi connectivity index (χ3n) is 4.55. The predicted octanol–water partition coefficient (Wildman–Crippen LogP) is -3.81. The molecule has 2 amide bonds. The number of thioether (sulfide) groups is 1. The number of carboxylic acid groups (broad SMARTS) is 1. The van der Waals surface area contributed by atoms with E-state index in [4.69, 9.17) is 15.1 Å². The van der Waals surface area contributed by atoms with Crippen LogP contribution in [-0.2, 0) is 19.2 Å². The first-order chi connectivity index (χ1) is 15.4. The zero-order chi connectivity index (χ0) is 22.8. The summed E-state index contributed by atoms with van der Waals surface area (Å²) in [5, 5.41) is 22.7. The monoisotopic (exact) mass is 498 g/mol. The first kappa shape index (κ1) is 25.0. The Morgan fingerprint density at radius 3 is 2.85 bits per heavy atom. The van der Waals surface area contributed by atoms with Crippen molar-refractivity contribution in [2.75, 3.05) is 18.6 Å². The molecule has 0 aromatic carbocycles. The number of fused-ring (bicyclic) bond motifs is 1. The van der Waals surface area contributed by atoms with Crippen LogP contribution in [0.4, 0.5) is 5.13 Å². The molecule has 0 aliphatic carbocycles. The number of aromatic nitrogens is 2. The van der Waals surface area contributed by atoms with E-state index in [9.17, 15) is 19.5 Å². The number of carboxylic acids is 1. The summed E-state index contributed by atoms with van der Waals surface area (Å²) in [7, 11) is 1.26. The Kier molecular flexibility index (Phi) is 7.97. The molecule has 15 heteroatoms. The average Bonchev–Trinajstić information content (AvgIpc) is 3.45. The summed E-state index contributed by atoms with van der Waals surface area (Å²) in [5.41, 5.74) is 5.77. The number of hydrogen-bond donors (Lipinski definition) is 2. The van der Waals surface area contributed by atoms with E-state index < -0.39 is 29.2 Å². The maximum atomic E-state index is 12.8. The number of nitrogens with one attached hydrogen (secondary N) is 1. The number of nitrogens with two attached hydrogens (primary N) is 1. The Morgan fingerprint density at radius 2 is 2.24 bits per heavy atom. The normalized spacial score (nSPS) is 20.2. The SMILES string of the molecule is CO/N=C(\C(=O)N[C@@H]1C(=O)N2C(C(=O)[O-])=C(/C=C\c3ccno3)CS[C@H]12)c1csc(N)n1.[Na+]. The Labute approximate surface area is 217 Å². The van der Waals surface area contributed by atoms with Gasteiger partial charge in [0.1, 0.15) is 24.2 Å². The van der Waals surface area contributed by atoms with Crippen LogP contribution < -0.4 is 45.7 Å². The molecule has 3 N–H and O–H groups in total. The smallest absolute Gasteiger partial charge is 0.543 e. The number of amides is 2. The summed E-state index contributed by atoms with van der Waals surface area (Å²) in [4.78, 5) is 47.1. The van der Waals surface area contributed by atoms with Crippen molar-refractivity contribution in [1.29, 1.82) is 0 Å². The van der Waals surface area contributed by atoms with Gasteiger partial charge in [0.25, 0.3) is 11.8 Å². The Hall–Kier alpha value is -2.65. The van der Waals surface area contributed by atoms with Gasteiger partial charge in [0.2, 0.25) is 0 Å². The zero-order valence-electron chi connectivity index (χ0n) is 17.4. The van der Waals surface area contributed by atoms with E-state index >= 15 is 0 Å². The van der Waals surface area contributed by atoms with E-state index in [-0.39, 0.29) is 57.5 Å². The summed E-state index contributed by atoms with van der Waals surface area (Å²) in [5.74, 6) is -2.09. The Morgan fingerprint density at radius 1 is 1.45 bits per heavy atom. The Balaban J connectivity index is 0.00000306. The Bertz CT molecular complexity index is 1160. The number of thiazole rings is 1. The van der Waals surface area contributed by atoms with Crippen molar-refractivity contribution in [2.24, 2.45) is 5.16 Å². The molecule has 0 bridgehead atoms. The molecule has 1 fully saturated rings. The number of nitrogen functional groups attached to an aromatic ring is 1. The van der Waals surface area contributed by atoms with E-state index in [1.807, 2.05) is 0 Å². The van der Waals surface area contributed by atoms with Crippen molar-refractivity contribution in [3.05, 3.63) is 46.4 Å². The van der Waals surface area contributed by atoms with Gasteiger partial charge >= 0.3 is 29.6 Å². The molecule has 0 spiro atoms. The molecule has 0 radical (unpaired) electrons. The third kappa shape index (κ3) is 4.99. The fourth-order valence-electron chi connectivity index (χ4n) is 3.16. The maximum Gasteiger partial charge on any atom is 1.00 e. The summed E-state index contributed by atoms with van der Waals surface area (Å²) >= 11 is 2.41. The van der Waals surface area contributed by atoms with Crippen molar-refractivity contribution in [2.45, 2.75) is 11.4 Å². The number of aliphatic carboxylic acids is 1. The number of oxime groups is 1.